The summed E-state index contributed by atoms with van der Waals surface area (Å²) < 4.78 is 10.5. The molecule has 0 aromatic heterocycles. The van der Waals surface area contributed by atoms with E-state index in [4.69, 9.17) is 9.47 Å². The summed E-state index contributed by atoms with van der Waals surface area (Å²) in [5.41, 5.74) is 0. The van der Waals surface area contributed by atoms with Gasteiger partial charge in [0.1, 0.15) is 0 Å². The second-order valence-corrected chi connectivity index (χ2v) is 8.35. The van der Waals surface area contributed by atoms with Gasteiger partial charge in [-0.25, -0.2) is 9.59 Å². The van der Waals surface area contributed by atoms with E-state index in [1.54, 1.807) is 0 Å². The molecule has 0 bridgehead atoms. The van der Waals surface area contributed by atoms with E-state index in [-0.39, 0.29) is 12.2 Å². The number of hydrogen-bond donors (Lipinski definition) is 2. The second kappa shape index (κ2) is 14.5. The standard InChI is InChI=1S/C22H40N2O4/c25-21(23-19-13-7-5-8-14-19)27-17-11-3-1-2-4-12-18-28-22(26)24-20-15-9-6-10-16-20/h19-20H,1-18H2,(H,23,25)(H,24,26). The van der Waals surface area contributed by atoms with Gasteiger partial charge in [0.15, 0.2) is 0 Å². The average molecular weight is 397 g/mol. The number of unbranched alkanes of at least 4 members (excludes halogenated alkanes) is 5. The van der Waals surface area contributed by atoms with Crippen LogP contribution in [0.4, 0.5) is 9.59 Å². The van der Waals surface area contributed by atoms with Crippen LogP contribution >= 0.6 is 0 Å². The van der Waals surface area contributed by atoms with Gasteiger partial charge >= 0.3 is 12.2 Å². The molecule has 0 unspecified atom stereocenters. The third kappa shape index (κ3) is 10.8. The molecular weight excluding hydrogens is 356 g/mol. The van der Waals surface area contributed by atoms with E-state index >= 15 is 0 Å². The van der Waals surface area contributed by atoms with Crippen LogP contribution in [0, 0.1) is 0 Å². The molecule has 2 amide bonds. The minimum Gasteiger partial charge on any atom is -0.450 e. The van der Waals surface area contributed by atoms with Crippen LogP contribution in [0.15, 0.2) is 0 Å². The van der Waals surface area contributed by atoms with E-state index in [0.717, 1.165) is 64.2 Å². The van der Waals surface area contributed by atoms with E-state index in [1.165, 1.54) is 38.5 Å². The highest BCUT2D eigenvalue weighted by Crippen LogP contribution is 2.18. The van der Waals surface area contributed by atoms with Gasteiger partial charge in [-0.05, 0) is 38.5 Å². The number of ether oxygens (including phenoxy) is 2. The van der Waals surface area contributed by atoms with Crippen molar-refractivity contribution in [2.45, 2.75) is 115 Å². The molecule has 0 radical (unpaired) electrons. The van der Waals surface area contributed by atoms with Crippen molar-refractivity contribution >= 4 is 12.2 Å². The highest BCUT2D eigenvalue weighted by molar-refractivity contribution is 5.67. The molecule has 2 rings (SSSR count). The Morgan fingerprint density at radius 1 is 0.571 bits per heavy atom. The molecule has 0 aromatic carbocycles. The third-order valence-corrected chi connectivity index (χ3v) is 5.86. The molecule has 0 aromatic rings. The summed E-state index contributed by atoms with van der Waals surface area (Å²) >= 11 is 0. The summed E-state index contributed by atoms with van der Waals surface area (Å²) in [5.74, 6) is 0. The molecule has 2 saturated carbocycles. The number of hydrogen-bond acceptors (Lipinski definition) is 4. The normalized spacial score (nSPS) is 18.4. The SMILES string of the molecule is O=C(NC1CCCCC1)OCCCCCCCCOC(=O)NC1CCCCC1. The fourth-order valence-electron chi connectivity index (χ4n) is 4.15. The molecule has 2 aliphatic carbocycles. The van der Waals surface area contributed by atoms with Gasteiger partial charge in [-0.1, -0.05) is 64.2 Å². The van der Waals surface area contributed by atoms with Crippen LogP contribution in [0.3, 0.4) is 0 Å². The van der Waals surface area contributed by atoms with Gasteiger partial charge in [0.2, 0.25) is 0 Å². The van der Waals surface area contributed by atoms with E-state index in [9.17, 15) is 9.59 Å². The molecule has 2 aliphatic rings. The number of carbonyl (C=O) groups is 2. The zero-order valence-electron chi connectivity index (χ0n) is 17.5. The maximum atomic E-state index is 11.7. The molecular formula is C22H40N2O4. The van der Waals surface area contributed by atoms with Gasteiger partial charge in [0.05, 0.1) is 13.2 Å². The lowest BCUT2D eigenvalue weighted by molar-refractivity contribution is 0.135. The zero-order chi connectivity index (χ0) is 19.9. The highest BCUT2D eigenvalue weighted by atomic mass is 16.6. The summed E-state index contributed by atoms with van der Waals surface area (Å²) in [5, 5.41) is 5.94. The number of alkyl carbamates (subject to hydrolysis) is 2. The maximum Gasteiger partial charge on any atom is 0.407 e. The fourth-order valence-corrected chi connectivity index (χ4v) is 4.15. The van der Waals surface area contributed by atoms with Crippen LogP contribution < -0.4 is 10.6 Å². The summed E-state index contributed by atoms with van der Waals surface area (Å²) in [4.78, 5) is 23.4. The summed E-state index contributed by atoms with van der Waals surface area (Å²) in [6, 6.07) is 0.626. The molecule has 0 heterocycles. The van der Waals surface area contributed by atoms with Crippen molar-refractivity contribution in [2.24, 2.45) is 0 Å². The minimum absolute atomic E-state index is 0.254. The van der Waals surface area contributed by atoms with Crippen LogP contribution in [-0.2, 0) is 9.47 Å². The quantitative estimate of drug-likeness (QED) is 0.456. The van der Waals surface area contributed by atoms with E-state index in [0.29, 0.717) is 25.3 Å². The smallest absolute Gasteiger partial charge is 0.407 e. The molecule has 6 nitrogen and oxygen atoms in total. The average Bonchev–Trinajstić information content (AvgIpc) is 2.71. The number of carbonyl (C=O) groups excluding carboxylic acids is 2. The molecule has 0 aliphatic heterocycles. The van der Waals surface area contributed by atoms with Gasteiger partial charge in [0.25, 0.3) is 0 Å². The minimum atomic E-state index is -0.254. The fraction of sp³-hybridized carbons (Fsp3) is 0.909. The predicted octanol–water partition coefficient (Wildman–Crippen LogP) is 5.44. The summed E-state index contributed by atoms with van der Waals surface area (Å²) in [6.45, 7) is 1.01. The topological polar surface area (TPSA) is 76.7 Å². The number of amides is 2. The lowest BCUT2D eigenvalue weighted by atomic mass is 9.96. The lowest BCUT2D eigenvalue weighted by Gasteiger charge is -2.22. The Morgan fingerprint density at radius 3 is 1.32 bits per heavy atom. The van der Waals surface area contributed by atoms with E-state index in [1.807, 2.05) is 0 Å². The monoisotopic (exact) mass is 396 g/mol. The van der Waals surface area contributed by atoms with Gasteiger partial charge in [-0.3, -0.25) is 0 Å². The van der Waals surface area contributed by atoms with Crippen molar-refractivity contribution in [3.8, 4) is 0 Å². The van der Waals surface area contributed by atoms with Gasteiger partial charge < -0.3 is 20.1 Å². The first kappa shape index (κ1) is 22.8. The van der Waals surface area contributed by atoms with Crippen LogP contribution in [0.2, 0.25) is 0 Å². The molecule has 2 N–H and O–H groups in total. The Kier molecular flexibility index (Phi) is 11.8. The molecule has 6 heteroatoms. The van der Waals surface area contributed by atoms with Crippen LogP contribution in [-0.4, -0.2) is 37.5 Å². The van der Waals surface area contributed by atoms with Crippen molar-refractivity contribution in [3.63, 3.8) is 0 Å². The van der Waals surface area contributed by atoms with Gasteiger partial charge in [0, 0.05) is 12.1 Å². The van der Waals surface area contributed by atoms with E-state index in [2.05, 4.69) is 10.6 Å². The zero-order valence-corrected chi connectivity index (χ0v) is 17.5. The Labute approximate surface area is 170 Å². The first-order chi connectivity index (χ1) is 13.7. The molecule has 162 valence electrons. The van der Waals surface area contributed by atoms with Crippen molar-refractivity contribution in [2.75, 3.05) is 13.2 Å². The molecule has 2 fully saturated rings. The van der Waals surface area contributed by atoms with Gasteiger partial charge in [-0.2, -0.15) is 0 Å². The van der Waals surface area contributed by atoms with Crippen molar-refractivity contribution in [1.82, 2.24) is 10.6 Å². The first-order valence-electron chi connectivity index (χ1n) is 11.6. The molecule has 28 heavy (non-hydrogen) atoms. The number of rotatable bonds is 11. The van der Waals surface area contributed by atoms with Crippen molar-refractivity contribution < 1.29 is 19.1 Å². The van der Waals surface area contributed by atoms with Crippen LogP contribution in [0.1, 0.15) is 103 Å². The summed E-state index contributed by atoms with van der Waals surface area (Å²) in [6.07, 6.45) is 17.5. The van der Waals surface area contributed by atoms with Crippen LogP contribution in [0.25, 0.3) is 0 Å². The first-order valence-corrected chi connectivity index (χ1v) is 11.6. The van der Waals surface area contributed by atoms with Gasteiger partial charge in [-0.15, -0.1) is 0 Å². The third-order valence-electron chi connectivity index (χ3n) is 5.86. The second-order valence-electron chi connectivity index (χ2n) is 8.35. The van der Waals surface area contributed by atoms with Crippen molar-refractivity contribution in [3.05, 3.63) is 0 Å². The Bertz CT molecular complexity index is 392. The van der Waals surface area contributed by atoms with Crippen molar-refractivity contribution in [1.29, 1.82) is 0 Å². The maximum absolute atomic E-state index is 11.7. The molecule has 0 atom stereocenters. The number of nitrogens with one attached hydrogen (secondary N) is 2. The highest BCUT2D eigenvalue weighted by Gasteiger charge is 2.16. The van der Waals surface area contributed by atoms with Crippen LogP contribution in [0.5, 0.6) is 0 Å². The molecule has 0 spiro atoms. The van der Waals surface area contributed by atoms with E-state index < -0.39 is 0 Å². The largest absolute Gasteiger partial charge is 0.450 e. The predicted molar refractivity (Wildman–Crippen MR) is 110 cm³/mol. The Hall–Kier alpha value is -1.46. The Morgan fingerprint density at radius 2 is 0.929 bits per heavy atom. The summed E-state index contributed by atoms with van der Waals surface area (Å²) in [7, 11) is 0. The molecule has 0 saturated heterocycles. The Balaban J connectivity index is 1.32. The lowest BCUT2D eigenvalue weighted by Crippen LogP contribution is -2.36.